The van der Waals surface area contributed by atoms with E-state index in [1.807, 2.05) is 12.3 Å². The van der Waals surface area contributed by atoms with Crippen molar-refractivity contribution in [3.05, 3.63) is 16.1 Å². The third-order valence-corrected chi connectivity index (χ3v) is 6.12. The van der Waals surface area contributed by atoms with Crippen LogP contribution in [-0.2, 0) is 16.3 Å². The molecule has 1 aromatic heterocycles. The van der Waals surface area contributed by atoms with E-state index in [2.05, 4.69) is 4.98 Å². The van der Waals surface area contributed by atoms with Crippen molar-refractivity contribution in [2.75, 3.05) is 18.1 Å². The van der Waals surface area contributed by atoms with Crippen molar-refractivity contribution < 1.29 is 8.42 Å². The van der Waals surface area contributed by atoms with Crippen molar-refractivity contribution in [3.8, 4) is 0 Å². The number of rotatable bonds is 4. The van der Waals surface area contributed by atoms with Crippen molar-refractivity contribution in [2.24, 2.45) is 17.6 Å². The molecule has 0 radical (unpaired) electrons. The fourth-order valence-corrected chi connectivity index (χ4v) is 5.14. The number of aromatic nitrogens is 1. The lowest BCUT2D eigenvalue weighted by atomic mass is 9.89. The van der Waals surface area contributed by atoms with Gasteiger partial charge in [0.2, 0.25) is 0 Å². The second-order valence-electron chi connectivity index (χ2n) is 4.75. The van der Waals surface area contributed by atoms with Crippen molar-refractivity contribution >= 4 is 21.2 Å². The molecule has 0 amide bonds. The van der Waals surface area contributed by atoms with E-state index in [1.54, 1.807) is 11.3 Å². The van der Waals surface area contributed by atoms with Gasteiger partial charge in [0.15, 0.2) is 9.84 Å². The minimum absolute atomic E-state index is 0.217. The summed E-state index contributed by atoms with van der Waals surface area (Å²) in [5, 5.41) is 3.09. The van der Waals surface area contributed by atoms with Gasteiger partial charge in [0, 0.05) is 17.5 Å². The Hall–Kier alpha value is -0.460. The Morgan fingerprint density at radius 3 is 2.88 bits per heavy atom. The fraction of sp³-hybridized carbons (Fsp3) is 0.727. The molecule has 2 heterocycles. The van der Waals surface area contributed by atoms with Crippen molar-refractivity contribution in [1.29, 1.82) is 0 Å². The normalized spacial score (nSPS) is 24.9. The Morgan fingerprint density at radius 1 is 1.65 bits per heavy atom. The van der Waals surface area contributed by atoms with E-state index in [4.69, 9.17) is 5.73 Å². The summed E-state index contributed by atoms with van der Waals surface area (Å²) in [6.07, 6.45) is 1.57. The molecule has 96 valence electrons. The number of aryl methyl sites for hydroxylation is 1. The summed E-state index contributed by atoms with van der Waals surface area (Å²) < 4.78 is 22.9. The molecule has 1 fully saturated rings. The van der Waals surface area contributed by atoms with Crippen molar-refractivity contribution in [1.82, 2.24) is 4.98 Å². The number of nitrogens with two attached hydrogens (primary N) is 1. The minimum atomic E-state index is -2.81. The molecule has 6 heteroatoms. The molecule has 1 aliphatic rings. The summed E-state index contributed by atoms with van der Waals surface area (Å²) in [6.45, 7) is 2.51. The molecule has 0 saturated carbocycles. The Morgan fingerprint density at radius 2 is 2.41 bits per heavy atom. The van der Waals surface area contributed by atoms with Gasteiger partial charge in [-0.3, -0.25) is 0 Å². The summed E-state index contributed by atoms with van der Waals surface area (Å²) in [5.41, 5.74) is 6.81. The van der Waals surface area contributed by atoms with Crippen LogP contribution in [-0.4, -0.2) is 31.5 Å². The van der Waals surface area contributed by atoms with Crippen LogP contribution in [0.2, 0.25) is 0 Å². The molecule has 0 aromatic carbocycles. The SMILES string of the molecule is Cc1csc(CC(CN)C2CCS(=O)(=O)C2)n1. The van der Waals surface area contributed by atoms with Gasteiger partial charge in [-0.25, -0.2) is 13.4 Å². The highest BCUT2D eigenvalue weighted by molar-refractivity contribution is 7.91. The van der Waals surface area contributed by atoms with E-state index in [1.165, 1.54) is 0 Å². The first-order valence-electron chi connectivity index (χ1n) is 5.81. The lowest BCUT2D eigenvalue weighted by Gasteiger charge is -2.19. The van der Waals surface area contributed by atoms with Gasteiger partial charge in [0.25, 0.3) is 0 Å². The third kappa shape index (κ3) is 3.26. The Balaban J connectivity index is 2.02. The molecule has 4 nitrogen and oxygen atoms in total. The average Bonchev–Trinajstić information content (AvgIpc) is 2.81. The predicted molar refractivity (Wildman–Crippen MR) is 69.9 cm³/mol. The van der Waals surface area contributed by atoms with Crippen LogP contribution in [0.3, 0.4) is 0 Å². The molecule has 1 aromatic rings. The smallest absolute Gasteiger partial charge is 0.150 e. The highest BCUT2D eigenvalue weighted by atomic mass is 32.2. The Bertz CT molecular complexity index is 481. The van der Waals surface area contributed by atoms with Gasteiger partial charge in [0.1, 0.15) is 0 Å². The summed E-state index contributed by atoms with van der Waals surface area (Å²) in [5.74, 6) is 1.09. The van der Waals surface area contributed by atoms with Gasteiger partial charge in [-0.05, 0) is 31.7 Å². The molecular formula is C11H18N2O2S2. The second kappa shape index (κ2) is 5.04. The van der Waals surface area contributed by atoms with Crippen LogP contribution in [0.4, 0.5) is 0 Å². The van der Waals surface area contributed by atoms with Crippen LogP contribution >= 0.6 is 11.3 Å². The lowest BCUT2D eigenvalue weighted by molar-refractivity contribution is 0.370. The van der Waals surface area contributed by atoms with E-state index in [0.29, 0.717) is 18.1 Å². The molecule has 17 heavy (non-hydrogen) atoms. The zero-order chi connectivity index (χ0) is 12.5. The quantitative estimate of drug-likeness (QED) is 0.889. The first-order chi connectivity index (χ1) is 8.00. The monoisotopic (exact) mass is 274 g/mol. The van der Waals surface area contributed by atoms with E-state index >= 15 is 0 Å². The molecular weight excluding hydrogens is 256 g/mol. The average molecular weight is 274 g/mol. The van der Waals surface area contributed by atoms with Crippen LogP contribution in [0.15, 0.2) is 5.38 Å². The highest BCUT2D eigenvalue weighted by Gasteiger charge is 2.33. The molecule has 1 saturated heterocycles. The molecule has 2 atom stereocenters. The summed E-state index contributed by atoms with van der Waals surface area (Å²) in [4.78, 5) is 4.42. The van der Waals surface area contributed by atoms with Crippen LogP contribution in [0.5, 0.6) is 0 Å². The summed E-state index contributed by atoms with van der Waals surface area (Å²) in [7, 11) is -2.81. The maximum atomic E-state index is 11.5. The molecule has 0 aliphatic carbocycles. The van der Waals surface area contributed by atoms with Gasteiger partial charge in [-0.2, -0.15) is 0 Å². The Labute approximate surface area is 106 Å². The molecule has 1 aliphatic heterocycles. The maximum Gasteiger partial charge on any atom is 0.150 e. The first kappa shape index (κ1) is 13.0. The van der Waals surface area contributed by atoms with E-state index in [0.717, 1.165) is 23.5 Å². The largest absolute Gasteiger partial charge is 0.330 e. The number of hydrogen-bond donors (Lipinski definition) is 1. The molecule has 0 bridgehead atoms. The number of hydrogen-bond acceptors (Lipinski definition) is 5. The third-order valence-electron chi connectivity index (χ3n) is 3.34. The number of thiazole rings is 1. The van der Waals surface area contributed by atoms with Crippen molar-refractivity contribution in [2.45, 2.75) is 19.8 Å². The summed E-state index contributed by atoms with van der Waals surface area (Å²) in [6, 6.07) is 0. The Kier molecular flexibility index (Phi) is 3.85. The van der Waals surface area contributed by atoms with Gasteiger partial charge in [0.05, 0.1) is 16.5 Å². The number of sulfone groups is 1. The van der Waals surface area contributed by atoms with Gasteiger partial charge in [-0.1, -0.05) is 0 Å². The molecule has 2 unspecified atom stereocenters. The number of nitrogens with zero attached hydrogens (tertiary/aromatic N) is 1. The maximum absolute atomic E-state index is 11.5. The van der Waals surface area contributed by atoms with Crippen LogP contribution in [0.25, 0.3) is 0 Å². The van der Waals surface area contributed by atoms with Crippen LogP contribution in [0.1, 0.15) is 17.1 Å². The standard InChI is InChI=1S/C11H18N2O2S2/c1-8-6-16-11(13-8)4-10(5-12)9-2-3-17(14,15)7-9/h6,9-10H,2-5,7,12H2,1H3. The molecule has 0 spiro atoms. The minimum Gasteiger partial charge on any atom is -0.330 e. The summed E-state index contributed by atoms with van der Waals surface area (Å²) >= 11 is 1.64. The second-order valence-corrected chi connectivity index (χ2v) is 7.92. The van der Waals surface area contributed by atoms with E-state index in [9.17, 15) is 8.42 Å². The van der Waals surface area contributed by atoms with Crippen molar-refractivity contribution in [3.63, 3.8) is 0 Å². The van der Waals surface area contributed by atoms with E-state index < -0.39 is 9.84 Å². The predicted octanol–water partition coefficient (Wildman–Crippen LogP) is 1.00. The van der Waals surface area contributed by atoms with Crippen LogP contribution in [0, 0.1) is 18.8 Å². The highest BCUT2D eigenvalue weighted by Crippen LogP contribution is 2.28. The lowest BCUT2D eigenvalue weighted by Crippen LogP contribution is -2.26. The van der Waals surface area contributed by atoms with Gasteiger partial charge < -0.3 is 5.73 Å². The van der Waals surface area contributed by atoms with Gasteiger partial charge >= 0.3 is 0 Å². The van der Waals surface area contributed by atoms with Gasteiger partial charge in [-0.15, -0.1) is 11.3 Å². The zero-order valence-corrected chi connectivity index (χ0v) is 11.6. The topological polar surface area (TPSA) is 73.1 Å². The first-order valence-corrected chi connectivity index (χ1v) is 8.52. The fourth-order valence-electron chi connectivity index (χ4n) is 2.36. The molecule has 2 N–H and O–H groups in total. The van der Waals surface area contributed by atoms with Crippen LogP contribution < -0.4 is 5.73 Å². The molecule has 2 rings (SSSR count). The zero-order valence-electron chi connectivity index (χ0n) is 9.93. The van der Waals surface area contributed by atoms with E-state index in [-0.39, 0.29) is 11.8 Å².